The predicted octanol–water partition coefficient (Wildman–Crippen LogP) is 1.62. The Hall–Kier alpha value is -1.66. The Morgan fingerprint density at radius 3 is 2.88 bits per heavy atom. The third-order valence-electron chi connectivity index (χ3n) is 2.60. The summed E-state index contributed by atoms with van der Waals surface area (Å²) in [6.07, 6.45) is 2.38. The molecule has 1 aromatic heterocycles. The molecule has 2 atom stereocenters. The summed E-state index contributed by atoms with van der Waals surface area (Å²) in [5.41, 5.74) is 1.27. The summed E-state index contributed by atoms with van der Waals surface area (Å²) in [7, 11) is 3.28. The van der Waals surface area contributed by atoms with Crippen LogP contribution in [0.1, 0.15) is 17.4 Å². The van der Waals surface area contributed by atoms with Gasteiger partial charge in [0, 0.05) is 14.2 Å². The average Bonchev–Trinajstić information content (AvgIpc) is 2.94. The summed E-state index contributed by atoms with van der Waals surface area (Å²) in [5.74, 6) is 0. The predicted molar refractivity (Wildman–Crippen MR) is 56.8 cm³/mol. The Morgan fingerprint density at radius 2 is 2.44 bits per heavy atom. The van der Waals surface area contributed by atoms with Crippen LogP contribution in [0.25, 0.3) is 6.08 Å². The molecule has 0 N–H and O–H groups in total. The van der Waals surface area contributed by atoms with Crippen LogP contribution in [-0.2, 0) is 16.5 Å². The van der Waals surface area contributed by atoms with Gasteiger partial charge in [-0.15, -0.1) is 0 Å². The summed E-state index contributed by atoms with van der Waals surface area (Å²) >= 11 is 0. The fourth-order valence-electron chi connectivity index (χ4n) is 1.82. The highest BCUT2D eigenvalue weighted by molar-refractivity contribution is 5.63. The summed E-state index contributed by atoms with van der Waals surface area (Å²) in [6, 6.07) is 0. The molecule has 2 unspecified atom stereocenters. The first kappa shape index (κ1) is 10.8. The maximum absolute atomic E-state index is 10.8. The van der Waals surface area contributed by atoms with Crippen molar-refractivity contribution in [3.8, 4) is 0 Å². The normalized spacial score (nSPS) is 23.1. The van der Waals surface area contributed by atoms with Gasteiger partial charge in [-0.25, -0.2) is 0 Å². The SMILES string of the molecule is C=Cc1c([N+](=O)[O-])cn(C)c1C1OC1OC. The number of aryl methyl sites for hydroxylation is 1. The largest absolute Gasteiger partial charge is 0.353 e. The molecule has 6 heteroatoms. The van der Waals surface area contributed by atoms with Crippen molar-refractivity contribution < 1.29 is 14.4 Å². The first-order chi connectivity index (χ1) is 7.60. The van der Waals surface area contributed by atoms with Crippen LogP contribution in [0.2, 0.25) is 0 Å². The van der Waals surface area contributed by atoms with E-state index in [1.165, 1.54) is 19.4 Å². The molecule has 1 aliphatic rings. The summed E-state index contributed by atoms with van der Waals surface area (Å²) in [5, 5.41) is 10.8. The van der Waals surface area contributed by atoms with Gasteiger partial charge in [-0.3, -0.25) is 10.1 Å². The van der Waals surface area contributed by atoms with Crippen LogP contribution in [0, 0.1) is 10.1 Å². The van der Waals surface area contributed by atoms with Crippen LogP contribution in [-0.4, -0.2) is 22.9 Å². The summed E-state index contributed by atoms with van der Waals surface area (Å²) in [4.78, 5) is 10.4. The van der Waals surface area contributed by atoms with Crippen molar-refractivity contribution in [3.63, 3.8) is 0 Å². The van der Waals surface area contributed by atoms with E-state index in [1.54, 1.807) is 11.6 Å². The van der Waals surface area contributed by atoms with Crippen molar-refractivity contribution >= 4 is 11.8 Å². The van der Waals surface area contributed by atoms with Crippen LogP contribution in [0.15, 0.2) is 12.8 Å². The Balaban J connectivity index is 2.45. The molecule has 2 heterocycles. The van der Waals surface area contributed by atoms with Gasteiger partial charge in [-0.1, -0.05) is 12.7 Å². The molecule has 0 aliphatic carbocycles. The third kappa shape index (κ3) is 1.52. The van der Waals surface area contributed by atoms with E-state index in [9.17, 15) is 10.1 Å². The van der Waals surface area contributed by atoms with Crippen LogP contribution in [0.4, 0.5) is 5.69 Å². The monoisotopic (exact) mass is 224 g/mol. The number of hydrogen-bond acceptors (Lipinski definition) is 4. The van der Waals surface area contributed by atoms with E-state index in [4.69, 9.17) is 9.47 Å². The molecule has 16 heavy (non-hydrogen) atoms. The van der Waals surface area contributed by atoms with E-state index in [-0.39, 0.29) is 18.1 Å². The summed E-state index contributed by atoms with van der Waals surface area (Å²) in [6.45, 7) is 3.59. The van der Waals surface area contributed by atoms with Crippen molar-refractivity contribution in [2.45, 2.75) is 12.4 Å². The smallest absolute Gasteiger partial charge is 0.294 e. The minimum Gasteiger partial charge on any atom is -0.353 e. The molecule has 1 aromatic rings. The highest BCUT2D eigenvalue weighted by atomic mass is 16.8. The van der Waals surface area contributed by atoms with Crippen LogP contribution in [0.3, 0.4) is 0 Å². The van der Waals surface area contributed by atoms with Gasteiger partial charge in [0.25, 0.3) is 5.69 Å². The lowest BCUT2D eigenvalue weighted by Gasteiger charge is -1.99. The van der Waals surface area contributed by atoms with Gasteiger partial charge in [-0.2, -0.15) is 0 Å². The molecule has 1 saturated heterocycles. The lowest BCUT2D eigenvalue weighted by molar-refractivity contribution is -0.385. The molecule has 86 valence electrons. The first-order valence-corrected chi connectivity index (χ1v) is 4.74. The van der Waals surface area contributed by atoms with E-state index >= 15 is 0 Å². The molecule has 1 fully saturated rings. The van der Waals surface area contributed by atoms with Gasteiger partial charge >= 0.3 is 0 Å². The number of epoxide rings is 1. The molecule has 1 aliphatic heterocycles. The molecule has 2 rings (SSSR count). The molecule has 0 amide bonds. The molecule has 0 spiro atoms. The lowest BCUT2D eigenvalue weighted by Crippen LogP contribution is -1.99. The molecule has 0 bridgehead atoms. The zero-order chi connectivity index (χ0) is 11.9. The number of aromatic nitrogens is 1. The molecular formula is C10H12N2O4. The number of methoxy groups -OCH3 is 1. The third-order valence-corrected chi connectivity index (χ3v) is 2.60. The zero-order valence-electron chi connectivity index (χ0n) is 9.04. The quantitative estimate of drug-likeness (QED) is 0.442. The molecular weight excluding hydrogens is 212 g/mol. The van der Waals surface area contributed by atoms with Gasteiger partial charge in [0.05, 0.1) is 22.4 Å². The van der Waals surface area contributed by atoms with Gasteiger partial charge in [0.2, 0.25) is 0 Å². The van der Waals surface area contributed by atoms with Gasteiger partial charge in [-0.05, 0) is 0 Å². The molecule has 0 radical (unpaired) electrons. The lowest BCUT2D eigenvalue weighted by atomic mass is 10.1. The first-order valence-electron chi connectivity index (χ1n) is 4.74. The molecule has 6 nitrogen and oxygen atoms in total. The number of ether oxygens (including phenoxy) is 2. The Kier molecular flexibility index (Phi) is 2.53. The second-order valence-corrected chi connectivity index (χ2v) is 3.55. The van der Waals surface area contributed by atoms with Crippen LogP contribution in [0.5, 0.6) is 0 Å². The van der Waals surface area contributed by atoms with Crippen molar-refractivity contribution in [3.05, 3.63) is 34.1 Å². The van der Waals surface area contributed by atoms with Crippen LogP contribution >= 0.6 is 0 Å². The maximum Gasteiger partial charge on any atom is 0.294 e. The fourth-order valence-corrected chi connectivity index (χ4v) is 1.82. The Morgan fingerprint density at radius 1 is 1.75 bits per heavy atom. The highest BCUT2D eigenvalue weighted by Gasteiger charge is 2.45. The van der Waals surface area contributed by atoms with Gasteiger partial charge in [0.1, 0.15) is 0 Å². The average molecular weight is 224 g/mol. The summed E-state index contributed by atoms with van der Waals surface area (Å²) < 4.78 is 11.9. The highest BCUT2D eigenvalue weighted by Crippen LogP contribution is 2.43. The van der Waals surface area contributed by atoms with E-state index in [0.717, 1.165) is 5.69 Å². The second-order valence-electron chi connectivity index (χ2n) is 3.55. The van der Waals surface area contributed by atoms with Crippen molar-refractivity contribution in [2.24, 2.45) is 7.05 Å². The van der Waals surface area contributed by atoms with E-state index < -0.39 is 4.92 Å². The Bertz CT molecular complexity index is 452. The van der Waals surface area contributed by atoms with Crippen molar-refractivity contribution in [1.29, 1.82) is 0 Å². The molecule has 0 aromatic carbocycles. The second kappa shape index (κ2) is 3.73. The minimum absolute atomic E-state index is 0.0397. The number of rotatable bonds is 4. The molecule has 0 saturated carbocycles. The fraction of sp³-hybridized carbons (Fsp3) is 0.400. The minimum atomic E-state index is -0.426. The van der Waals surface area contributed by atoms with E-state index in [1.807, 2.05) is 0 Å². The van der Waals surface area contributed by atoms with Crippen molar-refractivity contribution in [1.82, 2.24) is 4.57 Å². The van der Waals surface area contributed by atoms with E-state index in [0.29, 0.717) is 5.56 Å². The number of nitro groups is 1. The zero-order valence-corrected chi connectivity index (χ0v) is 9.04. The van der Waals surface area contributed by atoms with Gasteiger partial charge in [0.15, 0.2) is 12.4 Å². The number of nitrogens with zero attached hydrogens (tertiary/aromatic N) is 2. The van der Waals surface area contributed by atoms with E-state index in [2.05, 4.69) is 6.58 Å². The topological polar surface area (TPSA) is 69.8 Å². The number of hydrogen-bond donors (Lipinski definition) is 0. The van der Waals surface area contributed by atoms with Crippen molar-refractivity contribution in [2.75, 3.05) is 7.11 Å². The standard InChI is InChI=1S/C10H12N2O4/c1-4-6-7(12(13)14)5-11(2)8(6)9-10(15-3)16-9/h4-5,9-10H,1H2,2-3H3. The van der Waals surface area contributed by atoms with Gasteiger partial charge < -0.3 is 14.0 Å². The maximum atomic E-state index is 10.8. The Labute approximate surface area is 92.2 Å². The van der Waals surface area contributed by atoms with Crippen LogP contribution < -0.4 is 0 Å².